The lowest BCUT2D eigenvalue weighted by molar-refractivity contribution is 0.202. The van der Waals surface area contributed by atoms with Crippen molar-refractivity contribution < 1.29 is 4.74 Å². The lowest BCUT2D eigenvalue weighted by Gasteiger charge is -2.13. The number of likely N-dealkylation sites (N-methyl/N-ethyl adjacent to an activating group) is 2. The van der Waals surface area contributed by atoms with Gasteiger partial charge in [-0.25, -0.2) is 0 Å². The molecule has 0 aliphatic heterocycles. The van der Waals surface area contributed by atoms with E-state index in [1.807, 2.05) is 14.1 Å². The van der Waals surface area contributed by atoms with Crippen LogP contribution in [-0.4, -0.2) is 26.9 Å². The second-order valence-corrected chi connectivity index (χ2v) is 1.63. The Hall–Kier alpha value is -0.540. The lowest BCUT2D eigenvalue weighted by Crippen LogP contribution is -2.41. The molecule has 0 heterocycles. The van der Waals surface area contributed by atoms with Gasteiger partial charge in [0.05, 0.1) is 12.4 Å². The van der Waals surface area contributed by atoms with E-state index in [0.29, 0.717) is 6.61 Å². The Morgan fingerprint density at radius 1 is 1.56 bits per heavy atom. The van der Waals surface area contributed by atoms with E-state index in [4.69, 9.17) is 4.74 Å². The highest BCUT2D eigenvalue weighted by Crippen LogP contribution is 1.77. The summed E-state index contributed by atoms with van der Waals surface area (Å²) in [5, 5.41) is 6.01. The van der Waals surface area contributed by atoms with Gasteiger partial charge >= 0.3 is 0 Å². The molecule has 0 unspecified atom stereocenters. The molecule has 9 heavy (non-hydrogen) atoms. The molecule has 0 aromatic carbocycles. The molecule has 2 N–H and O–H groups in total. The monoisotopic (exact) mass is 130 g/mol. The van der Waals surface area contributed by atoms with Crippen LogP contribution in [0.1, 0.15) is 0 Å². The SMILES string of the molecule is C=COCC(NC)NC. The van der Waals surface area contributed by atoms with Crippen LogP contribution in [0.3, 0.4) is 0 Å². The Kier molecular flexibility index (Phi) is 5.26. The Labute approximate surface area is 56.1 Å². The maximum Gasteiger partial charge on any atom is 0.116 e. The standard InChI is InChI=1S/C6H14N2O/c1-4-9-5-6(7-2)8-3/h4,6-8H,1,5H2,2-3H3. The number of hydrogen-bond donors (Lipinski definition) is 2. The quantitative estimate of drug-likeness (QED) is 0.403. The minimum atomic E-state index is 0.211. The molecule has 0 aliphatic carbocycles. The van der Waals surface area contributed by atoms with E-state index < -0.39 is 0 Å². The van der Waals surface area contributed by atoms with E-state index in [1.165, 1.54) is 6.26 Å². The van der Waals surface area contributed by atoms with Gasteiger partial charge in [-0.05, 0) is 14.1 Å². The van der Waals surface area contributed by atoms with Gasteiger partial charge in [0.1, 0.15) is 6.61 Å². The molecule has 54 valence electrons. The maximum absolute atomic E-state index is 4.92. The predicted molar refractivity (Wildman–Crippen MR) is 38.1 cm³/mol. The van der Waals surface area contributed by atoms with Crippen molar-refractivity contribution in [1.29, 1.82) is 0 Å². The molecule has 0 rings (SSSR count). The van der Waals surface area contributed by atoms with E-state index in [2.05, 4.69) is 17.2 Å². The molecule has 3 nitrogen and oxygen atoms in total. The van der Waals surface area contributed by atoms with Gasteiger partial charge in [-0.3, -0.25) is 0 Å². The molecule has 0 amide bonds. The first-order valence-corrected chi connectivity index (χ1v) is 2.92. The van der Waals surface area contributed by atoms with Gasteiger partial charge in [0.2, 0.25) is 0 Å². The molecule has 0 fully saturated rings. The van der Waals surface area contributed by atoms with E-state index in [1.54, 1.807) is 0 Å². The third-order valence-electron chi connectivity index (χ3n) is 1.08. The number of rotatable bonds is 5. The van der Waals surface area contributed by atoms with Gasteiger partial charge in [0.15, 0.2) is 0 Å². The van der Waals surface area contributed by atoms with E-state index in [0.717, 1.165) is 0 Å². The average molecular weight is 130 g/mol. The van der Waals surface area contributed by atoms with Crippen LogP contribution in [-0.2, 0) is 4.74 Å². The van der Waals surface area contributed by atoms with Crippen molar-refractivity contribution >= 4 is 0 Å². The number of ether oxygens (including phenoxy) is 1. The van der Waals surface area contributed by atoms with Crippen LogP contribution < -0.4 is 10.6 Å². The zero-order valence-electron chi connectivity index (χ0n) is 5.98. The molecule has 0 radical (unpaired) electrons. The van der Waals surface area contributed by atoms with Gasteiger partial charge in [0, 0.05) is 0 Å². The van der Waals surface area contributed by atoms with Gasteiger partial charge in [-0.15, -0.1) is 0 Å². The normalized spacial score (nSPS) is 9.67. The minimum absolute atomic E-state index is 0.211. The number of hydrogen-bond acceptors (Lipinski definition) is 3. The Morgan fingerprint density at radius 3 is 2.44 bits per heavy atom. The summed E-state index contributed by atoms with van der Waals surface area (Å²) in [6.07, 6.45) is 1.64. The first-order valence-electron chi connectivity index (χ1n) is 2.92. The van der Waals surface area contributed by atoms with Crippen molar-refractivity contribution in [2.75, 3.05) is 20.7 Å². The van der Waals surface area contributed by atoms with Gasteiger partial charge in [0.25, 0.3) is 0 Å². The van der Waals surface area contributed by atoms with Gasteiger partial charge < -0.3 is 15.4 Å². The summed E-state index contributed by atoms with van der Waals surface area (Å²) in [5.74, 6) is 0. The molecule has 0 aromatic heterocycles. The van der Waals surface area contributed by atoms with Crippen molar-refractivity contribution in [1.82, 2.24) is 10.6 Å². The molecule has 0 spiro atoms. The average Bonchev–Trinajstić information content (AvgIpc) is 1.91. The molecule has 0 aliphatic rings. The van der Waals surface area contributed by atoms with Crippen LogP contribution in [0, 0.1) is 0 Å². The third kappa shape index (κ3) is 4.00. The first-order chi connectivity index (χ1) is 4.35. The summed E-state index contributed by atoms with van der Waals surface area (Å²) in [4.78, 5) is 0. The summed E-state index contributed by atoms with van der Waals surface area (Å²) >= 11 is 0. The Bertz CT molecular complexity index is 71.5. The van der Waals surface area contributed by atoms with Gasteiger partial charge in [-0.2, -0.15) is 0 Å². The number of nitrogens with one attached hydrogen (secondary N) is 2. The molecule has 3 heteroatoms. The van der Waals surface area contributed by atoms with Crippen molar-refractivity contribution in [2.24, 2.45) is 0 Å². The molecule has 0 atom stereocenters. The van der Waals surface area contributed by atoms with Crippen LogP contribution >= 0.6 is 0 Å². The topological polar surface area (TPSA) is 33.3 Å². The Balaban J connectivity index is 3.19. The second-order valence-electron chi connectivity index (χ2n) is 1.63. The zero-order valence-corrected chi connectivity index (χ0v) is 5.98. The van der Waals surface area contributed by atoms with E-state index in [-0.39, 0.29) is 6.17 Å². The Morgan fingerprint density at radius 2 is 2.11 bits per heavy atom. The first kappa shape index (κ1) is 8.46. The fraction of sp³-hybridized carbons (Fsp3) is 0.667. The van der Waals surface area contributed by atoms with Crippen LogP contribution in [0.5, 0.6) is 0 Å². The van der Waals surface area contributed by atoms with Crippen molar-refractivity contribution in [3.05, 3.63) is 12.8 Å². The largest absolute Gasteiger partial charge is 0.499 e. The van der Waals surface area contributed by atoms with Crippen LogP contribution in [0.25, 0.3) is 0 Å². The predicted octanol–water partition coefficient (Wildman–Crippen LogP) is -0.0886. The highest BCUT2D eigenvalue weighted by molar-refractivity contribution is 4.59. The molecule has 0 aromatic rings. The summed E-state index contributed by atoms with van der Waals surface area (Å²) in [6, 6.07) is 0. The third-order valence-corrected chi connectivity index (χ3v) is 1.08. The fourth-order valence-corrected chi connectivity index (χ4v) is 0.475. The van der Waals surface area contributed by atoms with Crippen LogP contribution in [0.2, 0.25) is 0 Å². The van der Waals surface area contributed by atoms with Crippen LogP contribution in [0.4, 0.5) is 0 Å². The lowest BCUT2D eigenvalue weighted by atomic mass is 10.5. The fourth-order valence-electron chi connectivity index (χ4n) is 0.475. The molecular formula is C6H14N2O. The van der Waals surface area contributed by atoms with Gasteiger partial charge in [-0.1, -0.05) is 6.58 Å². The van der Waals surface area contributed by atoms with Crippen molar-refractivity contribution in [2.45, 2.75) is 6.17 Å². The summed E-state index contributed by atoms with van der Waals surface area (Å²) in [7, 11) is 3.74. The molecule has 0 saturated carbocycles. The van der Waals surface area contributed by atoms with E-state index >= 15 is 0 Å². The molecule has 0 saturated heterocycles. The summed E-state index contributed by atoms with van der Waals surface area (Å²) in [5.41, 5.74) is 0. The summed E-state index contributed by atoms with van der Waals surface area (Å²) < 4.78 is 4.92. The second kappa shape index (κ2) is 5.59. The summed E-state index contributed by atoms with van der Waals surface area (Å²) in [6.45, 7) is 4.03. The van der Waals surface area contributed by atoms with Crippen molar-refractivity contribution in [3.63, 3.8) is 0 Å². The van der Waals surface area contributed by atoms with E-state index in [9.17, 15) is 0 Å². The maximum atomic E-state index is 4.92. The zero-order chi connectivity index (χ0) is 7.11. The molecule has 0 bridgehead atoms. The highest BCUT2D eigenvalue weighted by atomic mass is 16.5. The van der Waals surface area contributed by atoms with Crippen LogP contribution in [0.15, 0.2) is 12.8 Å². The molecular weight excluding hydrogens is 116 g/mol. The smallest absolute Gasteiger partial charge is 0.116 e. The highest BCUT2D eigenvalue weighted by Gasteiger charge is 1.98. The van der Waals surface area contributed by atoms with Crippen molar-refractivity contribution in [3.8, 4) is 0 Å². The minimum Gasteiger partial charge on any atom is -0.499 e.